The molecule has 16 heavy (non-hydrogen) atoms. The van der Waals surface area contributed by atoms with Gasteiger partial charge in [0.25, 0.3) is 0 Å². The Kier molecular flexibility index (Phi) is 3.27. The van der Waals surface area contributed by atoms with Gasteiger partial charge in [-0.2, -0.15) is 0 Å². The maximum absolute atomic E-state index is 10.7. The molecular weight excluding hydrogens is 220 g/mol. The normalized spacial score (nSPS) is 35.0. The predicted octanol–water partition coefficient (Wildman–Crippen LogP) is 3.98. The molecule has 2 rings (SSSR count). The van der Waals surface area contributed by atoms with Gasteiger partial charge in [0.05, 0.1) is 5.60 Å². The average Bonchev–Trinajstić information content (AvgIpc) is 2.25. The SMILES string of the molecule is CC1CCC(O)(c2ccccc2Cl)CC1C. The number of benzene rings is 1. The summed E-state index contributed by atoms with van der Waals surface area (Å²) in [4.78, 5) is 0. The van der Waals surface area contributed by atoms with Crippen LogP contribution in [0.5, 0.6) is 0 Å². The summed E-state index contributed by atoms with van der Waals surface area (Å²) in [5.41, 5.74) is 0.181. The first-order valence-corrected chi connectivity index (χ1v) is 6.38. The zero-order chi connectivity index (χ0) is 11.8. The van der Waals surface area contributed by atoms with E-state index in [1.54, 1.807) is 0 Å². The summed E-state index contributed by atoms with van der Waals surface area (Å²) < 4.78 is 0. The van der Waals surface area contributed by atoms with Crippen LogP contribution in [0, 0.1) is 11.8 Å². The van der Waals surface area contributed by atoms with Crippen LogP contribution in [0.25, 0.3) is 0 Å². The molecule has 1 saturated carbocycles. The standard InChI is InChI=1S/C14H19ClO/c1-10-7-8-14(16,9-11(10)2)12-5-3-4-6-13(12)15/h3-6,10-11,16H,7-9H2,1-2H3. The number of hydrogen-bond donors (Lipinski definition) is 1. The molecule has 88 valence electrons. The van der Waals surface area contributed by atoms with Crippen molar-refractivity contribution in [1.82, 2.24) is 0 Å². The van der Waals surface area contributed by atoms with E-state index in [4.69, 9.17) is 11.6 Å². The third kappa shape index (κ3) is 2.11. The fourth-order valence-corrected chi connectivity index (χ4v) is 2.98. The Morgan fingerprint density at radius 1 is 1.25 bits per heavy atom. The lowest BCUT2D eigenvalue weighted by Crippen LogP contribution is -2.35. The summed E-state index contributed by atoms with van der Waals surface area (Å²) in [6, 6.07) is 7.66. The highest BCUT2D eigenvalue weighted by atomic mass is 35.5. The van der Waals surface area contributed by atoms with E-state index < -0.39 is 5.60 Å². The molecule has 0 saturated heterocycles. The van der Waals surface area contributed by atoms with Gasteiger partial charge in [0.2, 0.25) is 0 Å². The molecule has 1 N–H and O–H groups in total. The van der Waals surface area contributed by atoms with Crippen molar-refractivity contribution in [2.24, 2.45) is 11.8 Å². The van der Waals surface area contributed by atoms with Crippen molar-refractivity contribution in [3.63, 3.8) is 0 Å². The Labute approximate surface area is 102 Å². The van der Waals surface area contributed by atoms with Crippen LogP contribution < -0.4 is 0 Å². The lowest BCUT2D eigenvalue weighted by molar-refractivity contribution is -0.0335. The van der Waals surface area contributed by atoms with Crippen LogP contribution in [0.1, 0.15) is 38.7 Å². The highest BCUT2D eigenvalue weighted by Gasteiger charge is 2.38. The van der Waals surface area contributed by atoms with E-state index in [0.29, 0.717) is 16.9 Å². The van der Waals surface area contributed by atoms with Crippen LogP contribution in [0.3, 0.4) is 0 Å². The van der Waals surface area contributed by atoms with E-state index in [1.165, 1.54) is 0 Å². The maximum Gasteiger partial charge on any atom is 0.0913 e. The van der Waals surface area contributed by atoms with Crippen LogP contribution in [-0.2, 0) is 5.60 Å². The minimum absolute atomic E-state index is 0.551. The molecule has 0 spiro atoms. The molecule has 1 aromatic rings. The predicted molar refractivity (Wildman–Crippen MR) is 67.5 cm³/mol. The van der Waals surface area contributed by atoms with Crippen molar-refractivity contribution in [1.29, 1.82) is 0 Å². The molecule has 0 bridgehead atoms. The Bertz CT molecular complexity index is 377. The van der Waals surface area contributed by atoms with Gasteiger partial charge in [-0.25, -0.2) is 0 Å². The molecule has 3 atom stereocenters. The van der Waals surface area contributed by atoms with Gasteiger partial charge < -0.3 is 5.11 Å². The summed E-state index contributed by atoms with van der Waals surface area (Å²) in [5.74, 6) is 1.25. The molecule has 0 aliphatic heterocycles. The fourth-order valence-electron chi connectivity index (χ4n) is 2.67. The van der Waals surface area contributed by atoms with Crippen LogP contribution in [0.4, 0.5) is 0 Å². The monoisotopic (exact) mass is 238 g/mol. The second kappa shape index (κ2) is 4.38. The largest absolute Gasteiger partial charge is 0.385 e. The Balaban J connectivity index is 2.29. The molecular formula is C14H19ClO. The smallest absolute Gasteiger partial charge is 0.0913 e. The second-order valence-corrected chi connectivity index (χ2v) is 5.62. The van der Waals surface area contributed by atoms with Crippen molar-refractivity contribution < 1.29 is 5.11 Å². The van der Waals surface area contributed by atoms with Gasteiger partial charge in [-0.15, -0.1) is 0 Å². The minimum Gasteiger partial charge on any atom is -0.385 e. The third-order valence-electron chi connectivity index (χ3n) is 4.02. The van der Waals surface area contributed by atoms with E-state index in [-0.39, 0.29) is 0 Å². The van der Waals surface area contributed by atoms with E-state index in [0.717, 1.165) is 24.8 Å². The molecule has 1 aliphatic rings. The van der Waals surface area contributed by atoms with Crippen LogP contribution in [0.2, 0.25) is 5.02 Å². The highest BCUT2D eigenvalue weighted by Crippen LogP contribution is 2.44. The van der Waals surface area contributed by atoms with Gasteiger partial charge in [-0.1, -0.05) is 43.6 Å². The highest BCUT2D eigenvalue weighted by molar-refractivity contribution is 6.31. The quantitative estimate of drug-likeness (QED) is 0.785. The molecule has 1 nitrogen and oxygen atoms in total. The first-order chi connectivity index (χ1) is 7.53. The Hall–Kier alpha value is -0.530. The lowest BCUT2D eigenvalue weighted by Gasteiger charge is -2.39. The Morgan fingerprint density at radius 2 is 1.94 bits per heavy atom. The fraction of sp³-hybridized carbons (Fsp3) is 0.571. The molecule has 2 heteroatoms. The van der Waals surface area contributed by atoms with Gasteiger partial charge in [0.15, 0.2) is 0 Å². The van der Waals surface area contributed by atoms with E-state index >= 15 is 0 Å². The topological polar surface area (TPSA) is 20.2 Å². The second-order valence-electron chi connectivity index (χ2n) is 5.21. The van der Waals surface area contributed by atoms with E-state index in [2.05, 4.69) is 13.8 Å². The summed E-state index contributed by atoms with van der Waals surface area (Å²) in [5, 5.41) is 11.4. The molecule has 3 unspecified atom stereocenters. The maximum atomic E-state index is 10.7. The molecule has 0 heterocycles. The third-order valence-corrected chi connectivity index (χ3v) is 4.35. The van der Waals surface area contributed by atoms with Gasteiger partial charge >= 0.3 is 0 Å². The molecule has 0 aromatic heterocycles. The van der Waals surface area contributed by atoms with Crippen molar-refractivity contribution in [2.45, 2.75) is 38.7 Å². The van der Waals surface area contributed by atoms with Gasteiger partial charge in [-0.3, -0.25) is 0 Å². The number of halogens is 1. The minimum atomic E-state index is -0.718. The van der Waals surface area contributed by atoms with Crippen LogP contribution >= 0.6 is 11.6 Å². The first kappa shape index (κ1) is 11.9. The van der Waals surface area contributed by atoms with E-state index in [9.17, 15) is 5.11 Å². The zero-order valence-electron chi connectivity index (χ0n) is 9.91. The molecule has 1 aromatic carbocycles. The number of hydrogen-bond acceptors (Lipinski definition) is 1. The van der Waals surface area contributed by atoms with Crippen LogP contribution in [-0.4, -0.2) is 5.11 Å². The van der Waals surface area contributed by atoms with Crippen molar-refractivity contribution in [3.05, 3.63) is 34.9 Å². The molecule has 1 aliphatic carbocycles. The van der Waals surface area contributed by atoms with Crippen molar-refractivity contribution in [2.75, 3.05) is 0 Å². The van der Waals surface area contributed by atoms with E-state index in [1.807, 2.05) is 24.3 Å². The van der Waals surface area contributed by atoms with Crippen LogP contribution in [0.15, 0.2) is 24.3 Å². The van der Waals surface area contributed by atoms with Gasteiger partial charge in [0, 0.05) is 10.6 Å². The summed E-state index contributed by atoms with van der Waals surface area (Å²) in [6.45, 7) is 4.47. The first-order valence-electron chi connectivity index (χ1n) is 6.00. The number of aliphatic hydroxyl groups is 1. The average molecular weight is 239 g/mol. The Morgan fingerprint density at radius 3 is 2.56 bits per heavy atom. The van der Waals surface area contributed by atoms with Gasteiger partial charge in [0.1, 0.15) is 0 Å². The van der Waals surface area contributed by atoms with Gasteiger partial charge in [-0.05, 0) is 37.2 Å². The lowest BCUT2D eigenvalue weighted by atomic mass is 9.70. The van der Waals surface area contributed by atoms with Crippen molar-refractivity contribution >= 4 is 11.6 Å². The molecule has 0 amide bonds. The molecule has 1 fully saturated rings. The summed E-state index contributed by atoms with van der Waals surface area (Å²) >= 11 is 6.17. The summed E-state index contributed by atoms with van der Waals surface area (Å²) in [6.07, 6.45) is 2.71. The molecule has 0 radical (unpaired) electrons. The summed E-state index contributed by atoms with van der Waals surface area (Å²) in [7, 11) is 0. The zero-order valence-corrected chi connectivity index (χ0v) is 10.7. The van der Waals surface area contributed by atoms with Crippen molar-refractivity contribution in [3.8, 4) is 0 Å². The number of rotatable bonds is 1.